The molecule has 2 saturated heterocycles. The summed E-state index contributed by atoms with van der Waals surface area (Å²) in [5.74, 6) is 1.48. The Kier molecular flexibility index (Phi) is 4.95. The lowest BCUT2D eigenvalue weighted by Gasteiger charge is -2.60. The van der Waals surface area contributed by atoms with Gasteiger partial charge in [0, 0.05) is 18.1 Å². The normalized spacial score (nSPS) is 34.8. The number of para-hydroxylation sites is 2. The smallest absolute Gasteiger partial charge is 0.360 e. The lowest BCUT2D eigenvalue weighted by atomic mass is 9.45. The second-order valence-corrected chi connectivity index (χ2v) is 11.7. The second-order valence-electron chi connectivity index (χ2n) is 11.7. The standard InChI is InChI=1S/C27H35N3O3/c1-27(2)17-8-7-16(21(27)13-17)11-12-29-18-9-10-19(29)15-20(14-18)30-23-6-4-3-5-22(23)28-24(25(30)31)26(32)33/h3-6,16-21H,7-15H2,1-2H3,(H,32,33)/t16-,17-,18-,19?,20?,21-/m0/s1. The van der Waals surface area contributed by atoms with Crippen molar-refractivity contribution in [2.45, 2.75) is 83.3 Å². The first-order chi connectivity index (χ1) is 15.8. The summed E-state index contributed by atoms with van der Waals surface area (Å²) >= 11 is 0. The molecule has 1 aromatic carbocycles. The Morgan fingerprint density at radius 1 is 1.06 bits per heavy atom. The summed E-state index contributed by atoms with van der Waals surface area (Å²) in [7, 11) is 0. The van der Waals surface area contributed by atoms with Crippen LogP contribution in [0, 0.1) is 23.2 Å². The van der Waals surface area contributed by atoms with E-state index in [4.69, 9.17) is 0 Å². The van der Waals surface area contributed by atoms with E-state index in [-0.39, 0.29) is 11.7 Å². The molecule has 5 fully saturated rings. The molecule has 3 heterocycles. The maximum Gasteiger partial charge on any atom is 0.360 e. The van der Waals surface area contributed by atoms with E-state index >= 15 is 0 Å². The number of aromatic carboxylic acids is 1. The number of carboxylic acid groups (broad SMARTS) is 1. The number of fused-ring (bicyclic) bond motifs is 5. The summed E-state index contributed by atoms with van der Waals surface area (Å²) in [5, 5.41) is 9.58. The second kappa shape index (κ2) is 7.66. The Balaban J connectivity index is 1.22. The van der Waals surface area contributed by atoms with Gasteiger partial charge in [-0.2, -0.15) is 0 Å². The fraction of sp³-hybridized carbons (Fsp3) is 0.667. The van der Waals surface area contributed by atoms with Crippen molar-refractivity contribution < 1.29 is 9.90 Å². The van der Waals surface area contributed by atoms with Crippen LogP contribution in [0.1, 0.15) is 81.7 Å². The van der Waals surface area contributed by atoms with Gasteiger partial charge in [-0.1, -0.05) is 26.0 Å². The van der Waals surface area contributed by atoms with Crippen LogP contribution in [0.4, 0.5) is 0 Å². The van der Waals surface area contributed by atoms with Crippen LogP contribution in [-0.4, -0.2) is 44.2 Å². The van der Waals surface area contributed by atoms with E-state index in [1.54, 1.807) is 10.6 Å². The van der Waals surface area contributed by atoms with Crippen LogP contribution in [0.2, 0.25) is 0 Å². The number of rotatable bonds is 5. The fourth-order valence-corrected chi connectivity index (χ4v) is 8.10. The molecule has 6 nitrogen and oxygen atoms in total. The summed E-state index contributed by atoms with van der Waals surface area (Å²) in [5.41, 5.74) is 1.07. The lowest BCUT2D eigenvalue weighted by Crippen LogP contribution is -2.53. The van der Waals surface area contributed by atoms with Gasteiger partial charge in [0.1, 0.15) is 0 Å². The van der Waals surface area contributed by atoms with Crippen molar-refractivity contribution in [1.29, 1.82) is 0 Å². The highest BCUT2D eigenvalue weighted by molar-refractivity contribution is 5.88. The molecule has 0 spiro atoms. The van der Waals surface area contributed by atoms with Crippen molar-refractivity contribution >= 4 is 17.0 Å². The van der Waals surface area contributed by atoms with E-state index in [0.717, 1.165) is 36.1 Å². The van der Waals surface area contributed by atoms with Gasteiger partial charge in [-0.05, 0) is 93.2 Å². The Hall–Kier alpha value is -2.21. The molecule has 1 N–H and O–H groups in total. The van der Waals surface area contributed by atoms with Gasteiger partial charge in [0.15, 0.2) is 0 Å². The van der Waals surface area contributed by atoms with Crippen LogP contribution in [0.3, 0.4) is 0 Å². The molecular formula is C27H35N3O3. The van der Waals surface area contributed by atoms with Crippen LogP contribution in [0.15, 0.2) is 29.1 Å². The van der Waals surface area contributed by atoms with Crippen LogP contribution >= 0.6 is 0 Å². The number of aromatic nitrogens is 2. The molecule has 6 atom stereocenters. The van der Waals surface area contributed by atoms with Gasteiger partial charge in [0.05, 0.1) is 11.0 Å². The van der Waals surface area contributed by atoms with Gasteiger partial charge in [-0.25, -0.2) is 9.78 Å². The van der Waals surface area contributed by atoms with Crippen molar-refractivity contribution in [2.24, 2.45) is 23.2 Å². The van der Waals surface area contributed by atoms with Crippen molar-refractivity contribution in [1.82, 2.24) is 14.5 Å². The largest absolute Gasteiger partial charge is 0.476 e. The van der Waals surface area contributed by atoms with Crippen molar-refractivity contribution in [3.05, 3.63) is 40.3 Å². The third kappa shape index (κ3) is 3.28. The van der Waals surface area contributed by atoms with Gasteiger partial charge >= 0.3 is 5.97 Å². The first-order valence-corrected chi connectivity index (χ1v) is 12.8. The van der Waals surface area contributed by atoms with Crippen LogP contribution in [-0.2, 0) is 0 Å². The van der Waals surface area contributed by atoms with E-state index in [1.165, 1.54) is 45.1 Å². The molecule has 3 saturated carbocycles. The molecule has 0 radical (unpaired) electrons. The molecule has 1 aromatic heterocycles. The van der Waals surface area contributed by atoms with E-state index in [1.807, 2.05) is 18.2 Å². The minimum atomic E-state index is -1.24. The number of piperidine rings is 1. The number of carboxylic acids is 1. The Morgan fingerprint density at radius 3 is 2.45 bits per heavy atom. The van der Waals surface area contributed by atoms with E-state index in [9.17, 15) is 14.7 Å². The zero-order valence-corrected chi connectivity index (χ0v) is 19.7. The minimum Gasteiger partial charge on any atom is -0.476 e. The molecule has 2 unspecified atom stereocenters. The summed E-state index contributed by atoms with van der Waals surface area (Å²) in [6.45, 7) is 6.14. The van der Waals surface area contributed by atoms with Crippen molar-refractivity contribution in [3.63, 3.8) is 0 Å². The van der Waals surface area contributed by atoms with Gasteiger partial charge in [0.25, 0.3) is 5.56 Å². The molecule has 2 aliphatic heterocycles. The maximum absolute atomic E-state index is 13.2. The number of hydrogen-bond donors (Lipinski definition) is 1. The summed E-state index contributed by atoms with van der Waals surface area (Å²) in [6.07, 6.45) is 9.78. The van der Waals surface area contributed by atoms with Crippen LogP contribution in [0.25, 0.3) is 11.0 Å². The Labute approximate surface area is 195 Å². The van der Waals surface area contributed by atoms with E-state index < -0.39 is 11.5 Å². The topological polar surface area (TPSA) is 75.4 Å². The molecule has 4 bridgehead atoms. The quantitative estimate of drug-likeness (QED) is 0.715. The van der Waals surface area contributed by atoms with Crippen molar-refractivity contribution in [2.75, 3.05) is 6.54 Å². The van der Waals surface area contributed by atoms with Crippen molar-refractivity contribution in [3.8, 4) is 0 Å². The molecule has 176 valence electrons. The lowest BCUT2D eigenvalue weighted by molar-refractivity contribution is -0.109. The zero-order valence-electron chi connectivity index (χ0n) is 19.7. The molecule has 5 aliphatic rings. The summed E-state index contributed by atoms with van der Waals surface area (Å²) in [6, 6.07) is 8.48. The SMILES string of the molecule is CC1(C)[C@H]2CC[C@@H](CCN3C4CC[C@H]3CC(n3c(=O)c(C(=O)O)nc5ccccc53)C4)[C@@H]1C2. The number of carbonyl (C=O) groups is 1. The summed E-state index contributed by atoms with van der Waals surface area (Å²) in [4.78, 5) is 31.8. The Morgan fingerprint density at radius 2 is 1.79 bits per heavy atom. The average Bonchev–Trinajstić information content (AvgIpc) is 3.04. The molecular weight excluding hydrogens is 414 g/mol. The average molecular weight is 450 g/mol. The highest BCUT2D eigenvalue weighted by Gasteiger charge is 2.54. The number of nitrogens with zero attached hydrogens (tertiary/aromatic N) is 3. The molecule has 7 rings (SSSR count). The molecule has 6 heteroatoms. The highest BCUT2D eigenvalue weighted by Crippen LogP contribution is 2.62. The first kappa shape index (κ1) is 21.3. The number of benzene rings is 1. The third-order valence-electron chi connectivity index (χ3n) is 9.98. The minimum absolute atomic E-state index is 0.0401. The van der Waals surface area contributed by atoms with Gasteiger partial charge in [-0.3, -0.25) is 9.69 Å². The first-order valence-electron chi connectivity index (χ1n) is 12.8. The van der Waals surface area contributed by atoms with Gasteiger partial charge in [-0.15, -0.1) is 0 Å². The van der Waals surface area contributed by atoms with Gasteiger partial charge in [0.2, 0.25) is 5.69 Å². The van der Waals surface area contributed by atoms with E-state index in [0.29, 0.717) is 23.0 Å². The highest BCUT2D eigenvalue weighted by atomic mass is 16.4. The van der Waals surface area contributed by atoms with E-state index in [2.05, 4.69) is 23.7 Å². The predicted molar refractivity (Wildman–Crippen MR) is 127 cm³/mol. The van der Waals surface area contributed by atoms with Crippen LogP contribution in [0.5, 0.6) is 0 Å². The number of hydrogen-bond acceptors (Lipinski definition) is 4. The Bertz CT molecular complexity index is 1140. The van der Waals surface area contributed by atoms with Crippen LogP contribution < -0.4 is 5.56 Å². The maximum atomic E-state index is 13.2. The molecule has 2 aromatic rings. The zero-order chi connectivity index (χ0) is 22.9. The predicted octanol–water partition coefficient (Wildman–Crippen LogP) is 4.73. The van der Waals surface area contributed by atoms with Gasteiger partial charge < -0.3 is 9.67 Å². The fourth-order valence-electron chi connectivity index (χ4n) is 8.10. The molecule has 3 aliphatic carbocycles. The third-order valence-corrected chi connectivity index (χ3v) is 9.98. The summed E-state index contributed by atoms with van der Waals surface area (Å²) < 4.78 is 1.76. The monoisotopic (exact) mass is 449 g/mol. The molecule has 0 amide bonds. The molecule has 33 heavy (non-hydrogen) atoms.